The molecule has 0 saturated carbocycles. The summed E-state index contributed by atoms with van der Waals surface area (Å²) in [6.45, 7) is 3.84. The van der Waals surface area contributed by atoms with E-state index in [1.807, 2.05) is 39.1 Å². The molecule has 2 heterocycles. The monoisotopic (exact) mass is 382 g/mol. The summed E-state index contributed by atoms with van der Waals surface area (Å²) in [6, 6.07) is 9.07. The van der Waals surface area contributed by atoms with Crippen molar-refractivity contribution in [2.24, 2.45) is 7.05 Å². The lowest BCUT2D eigenvalue weighted by Gasteiger charge is -2.06. The van der Waals surface area contributed by atoms with E-state index in [1.54, 1.807) is 16.8 Å². The summed E-state index contributed by atoms with van der Waals surface area (Å²) in [7, 11) is 1.85. The Kier molecular flexibility index (Phi) is 5.44. The Morgan fingerprint density at radius 1 is 1.11 bits per heavy atom. The molecule has 0 fully saturated rings. The number of hydrogen-bond donors (Lipinski definition) is 3. The minimum absolute atomic E-state index is 0.178. The van der Waals surface area contributed by atoms with Crippen molar-refractivity contribution in [3.8, 4) is 11.4 Å². The average Bonchev–Trinajstić information content (AvgIpc) is 3.18. The summed E-state index contributed by atoms with van der Waals surface area (Å²) in [6.07, 6.45) is 2.04. The lowest BCUT2D eigenvalue weighted by atomic mass is 10.1. The third-order valence-electron chi connectivity index (χ3n) is 4.51. The minimum Gasteiger partial charge on any atom is -0.504 e. The highest BCUT2D eigenvalue weighted by Gasteiger charge is 2.18. The summed E-state index contributed by atoms with van der Waals surface area (Å²) in [5.74, 6) is -1.33. The first kappa shape index (κ1) is 19.2. The Bertz CT molecular complexity index is 1010. The van der Waals surface area contributed by atoms with E-state index in [0.717, 1.165) is 17.0 Å². The molecule has 2 amide bonds. The molecule has 2 aromatic heterocycles. The third kappa shape index (κ3) is 4.03. The molecule has 0 bridgehead atoms. The molecule has 28 heavy (non-hydrogen) atoms. The van der Waals surface area contributed by atoms with Crippen LogP contribution < -0.4 is 10.9 Å². The van der Waals surface area contributed by atoms with Crippen LogP contribution in [0.5, 0.6) is 5.75 Å². The second-order valence-electron chi connectivity index (χ2n) is 6.42. The van der Waals surface area contributed by atoms with Gasteiger partial charge in [-0.2, -0.15) is 10.2 Å². The molecule has 3 N–H and O–H groups in total. The quantitative estimate of drug-likeness (QED) is 0.576. The molecule has 0 saturated heterocycles. The molecule has 0 aliphatic carbocycles. The zero-order chi connectivity index (χ0) is 20.3. The summed E-state index contributed by atoms with van der Waals surface area (Å²) in [5, 5.41) is 18.4. The van der Waals surface area contributed by atoms with Gasteiger partial charge in [-0.05, 0) is 38.0 Å². The van der Waals surface area contributed by atoms with E-state index in [9.17, 15) is 14.7 Å². The maximum absolute atomic E-state index is 12.2. The van der Waals surface area contributed by atoms with Crippen molar-refractivity contribution in [3.05, 3.63) is 59.2 Å². The van der Waals surface area contributed by atoms with Crippen LogP contribution in [0.25, 0.3) is 5.69 Å². The highest BCUT2D eigenvalue weighted by atomic mass is 16.3. The van der Waals surface area contributed by atoms with Crippen LogP contribution in [-0.2, 0) is 18.3 Å². The van der Waals surface area contributed by atoms with Crippen LogP contribution in [0, 0.1) is 13.8 Å². The van der Waals surface area contributed by atoms with Gasteiger partial charge in [-0.15, -0.1) is 0 Å². The number of rotatable bonds is 5. The molecule has 0 radical (unpaired) electrons. The number of nitrogens with one attached hydrogen (secondary N) is 2. The highest BCUT2D eigenvalue weighted by molar-refractivity contribution is 5.95. The fraction of sp³-hybridized carbons (Fsp3) is 0.263. The summed E-state index contributed by atoms with van der Waals surface area (Å²) in [5.41, 5.74) is 8.05. The third-order valence-corrected chi connectivity index (χ3v) is 4.51. The van der Waals surface area contributed by atoms with Crippen LogP contribution in [0.3, 0.4) is 0 Å². The largest absolute Gasteiger partial charge is 0.504 e. The SMILES string of the molecule is Cc1nn(C)c(C)c1CCC(=O)NNC(=O)c1nn(-c2ccccc2)cc1O. The number of aromatic hydroxyl groups is 1. The molecule has 1 aromatic carbocycles. The van der Waals surface area contributed by atoms with Crippen molar-refractivity contribution in [1.82, 2.24) is 30.4 Å². The van der Waals surface area contributed by atoms with Gasteiger partial charge in [-0.25, -0.2) is 4.68 Å². The number of amides is 2. The fourth-order valence-corrected chi connectivity index (χ4v) is 2.91. The van der Waals surface area contributed by atoms with Crippen LogP contribution in [0.4, 0.5) is 0 Å². The molecular formula is C19H22N6O3. The number of para-hydroxylation sites is 1. The van der Waals surface area contributed by atoms with Gasteiger partial charge in [-0.1, -0.05) is 18.2 Å². The van der Waals surface area contributed by atoms with E-state index in [4.69, 9.17) is 0 Å². The number of nitrogens with zero attached hydrogens (tertiary/aromatic N) is 4. The number of carbonyl (C=O) groups excluding carboxylic acids is 2. The van der Waals surface area contributed by atoms with Crippen LogP contribution in [0.2, 0.25) is 0 Å². The molecule has 9 heteroatoms. The lowest BCUT2D eigenvalue weighted by molar-refractivity contribution is -0.121. The second kappa shape index (κ2) is 7.95. The molecule has 3 rings (SSSR count). The first-order chi connectivity index (χ1) is 13.4. The molecule has 0 spiro atoms. The van der Waals surface area contributed by atoms with Crippen LogP contribution in [0.1, 0.15) is 33.9 Å². The summed E-state index contributed by atoms with van der Waals surface area (Å²) >= 11 is 0. The summed E-state index contributed by atoms with van der Waals surface area (Å²) in [4.78, 5) is 24.3. The van der Waals surface area contributed by atoms with Crippen LogP contribution in [-0.4, -0.2) is 36.5 Å². The van der Waals surface area contributed by atoms with Crippen LogP contribution >= 0.6 is 0 Å². The molecule has 0 aliphatic rings. The second-order valence-corrected chi connectivity index (χ2v) is 6.42. The van der Waals surface area contributed by atoms with Gasteiger partial charge in [0, 0.05) is 19.2 Å². The Morgan fingerprint density at radius 2 is 1.82 bits per heavy atom. The van der Waals surface area contributed by atoms with Gasteiger partial charge >= 0.3 is 0 Å². The first-order valence-corrected chi connectivity index (χ1v) is 8.79. The van der Waals surface area contributed by atoms with Gasteiger partial charge in [0.2, 0.25) is 5.91 Å². The predicted molar refractivity (Wildman–Crippen MR) is 102 cm³/mol. The van der Waals surface area contributed by atoms with Gasteiger partial charge in [0.1, 0.15) is 0 Å². The number of aryl methyl sites for hydroxylation is 2. The van der Waals surface area contributed by atoms with E-state index in [0.29, 0.717) is 12.1 Å². The van der Waals surface area contributed by atoms with Crippen molar-refractivity contribution in [3.63, 3.8) is 0 Å². The fourth-order valence-electron chi connectivity index (χ4n) is 2.91. The van der Waals surface area contributed by atoms with Gasteiger partial charge in [0.25, 0.3) is 5.91 Å². The van der Waals surface area contributed by atoms with Gasteiger partial charge < -0.3 is 5.11 Å². The van der Waals surface area contributed by atoms with Crippen molar-refractivity contribution < 1.29 is 14.7 Å². The number of hydrazine groups is 1. The van der Waals surface area contributed by atoms with Crippen molar-refractivity contribution in [2.45, 2.75) is 26.7 Å². The maximum Gasteiger partial charge on any atom is 0.294 e. The van der Waals surface area contributed by atoms with Gasteiger partial charge in [-0.3, -0.25) is 25.1 Å². The van der Waals surface area contributed by atoms with Crippen molar-refractivity contribution >= 4 is 11.8 Å². The minimum atomic E-state index is -0.700. The Hall–Kier alpha value is -3.62. The zero-order valence-electron chi connectivity index (χ0n) is 15.9. The van der Waals surface area contributed by atoms with E-state index in [-0.39, 0.29) is 23.8 Å². The van der Waals surface area contributed by atoms with E-state index in [1.165, 1.54) is 10.9 Å². The molecule has 0 atom stereocenters. The van der Waals surface area contributed by atoms with Crippen LogP contribution in [0.15, 0.2) is 36.5 Å². The van der Waals surface area contributed by atoms with Crippen molar-refractivity contribution in [1.29, 1.82) is 0 Å². The Morgan fingerprint density at radius 3 is 2.46 bits per heavy atom. The highest BCUT2D eigenvalue weighted by Crippen LogP contribution is 2.18. The molecular weight excluding hydrogens is 360 g/mol. The van der Waals surface area contributed by atoms with E-state index in [2.05, 4.69) is 21.0 Å². The Labute approximate surface area is 162 Å². The molecule has 0 unspecified atom stereocenters. The predicted octanol–water partition coefficient (Wildman–Crippen LogP) is 1.32. The summed E-state index contributed by atoms with van der Waals surface area (Å²) < 4.78 is 3.16. The zero-order valence-corrected chi connectivity index (χ0v) is 15.9. The maximum atomic E-state index is 12.2. The number of hydrogen-bond acceptors (Lipinski definition) is 5. The number of carbonyl (C=O) groups is 2. The lowest BCUT2D eigenvalue weighted by Crippen LogP contribution is -2.42. The molecule has 9 nitrogen and oxygen atoms in total. The number of benzene rings is 1. The smallest absolute Gasteiger partial charge is 0.294 e. The first-order valence-electron chi connectivity index (χ1n) is 8.79. The Balaban J connectivity index is 1.57. The van der Waals surface area contributed by atoms with E-state index < -0.39 is 5.91 Å². The molecule has 146 valence electrons. The average molecular weight is 382 g/mol. The topological polar surface area (TPSA) is 114 Å². The normalized spacial score (nSPS) is 10.7. The molecule has 0 aliphatic heterocycles. The van der Waals surface area contributed by atoms with Crippen molar-refractivity contribution in [2.75, 3.05) is 0 Å². The number of aromatic nitrogens is 4. The van der Waals surface area contributed by atoms with Gasteiger partial charge in [0.15, 0.2) is 11.4 Å². The van der Waals surface area contributed by atoms with E-state index >= 15 is 0 Å². The molecule has 3 aromatic rings. The van der Waals surface area contributed by atoms with Gasteiger partial charge in [0.05, 0.1) is 17.6 Å². The standard InChI is InChI=1S/C19H22N6O3/c1-12-15(13(2)24(3)22-12)9-10-17(27)20-21-19(28)18-16(26)11-25(23-18)14-7-5-4-6-8-14/h4-8,11,26H,9-10H2,1-3H3,(H,20,27)(H,21,28).